The highest BCUT2D eigenvalue weighted by Gasteiger charge is 2.15. The SMILES string of the molecule is CCN(c1ccc(C(C)N)cc1Br)C(C)COC. The smallest absolute Gasteiger partial charge is 0.0663 e. The fourth-order valence-corrected chi connectivity index (χ4v) is 2.71. The summed E-state index contributed by atoms with van der Waals surface area (Å²) in [7, 11) is 1.73. The van der Waals surface area contributed by atoms with Crippen LogP contribution in [0.3, 0.4) is 0 Å². The van der Waals surface area contributed by atoms with Crippen LogP contribution in [0.1, 0.15) is 32.4 Å². The van der Waals surface area contributed by atoms with Crippen LogP contribution < -0.4 is 10.6 Å². The van der Waals surface area contributed by atoms with E-state index in [4.69, 9.17) is 10.5 Å². The molecule has 0 bridgehead atoms. The third-order valence-electron chi connectivity index (χ3n) is 3.09. The molecular formula is C14H23BrN2O. The van der Waals surface area contributed by atoms with Gasteiger partial charge in [0.15, 0.2) is 0 Å². The minimum Gasteiger partial charge on any atom is -0.383 e. The summed E-state index contributed by atoms with van der Waals surface area (Å²) in [5, 5.41) is 0. The third kappa shape index (κ3) is 3.70. The van der Waals surface area contributed by atoms with Crippen molar-refractivity contribution < 1.29 is 4.74 Å². The number of benzene rings is 1. The molecule has 0 saturated carbocycles. The molecule has 2 N–H and O–H groups in total. The number of nitrogens with zero attached hydrogens (tertiary/aromatic N) is 1. The summed E-state index contributed by atoms with van der Waals surface area (Å²) >= 11 is 3.64. The molecule has 4 heteroatoms. The van der Waals surface area contributed by atoms with Crippen LogP contribution in [0.25, 0.3) is 0 Å². The number of methoxy groups -OCH3 is 1. The van der Waals surface area contributed by atoms with Crippen LogP contribution in [0.4, 0.5) is 5.69 Å². The van der Waals surface area contributed by atoms with E-state index in [-0.39, 0.29) is 6.04 Å². The lowest BCUT2D eigenvalue weighted by Crippen LogP contribution is -2.36. The zero-order valence-corrected chi connectivity index (χ0v) is 13.2. The predicted octanol–water partition coefficient (Wildman–Crippen LogP) is 3.33. The fourth-order valence-electron chi connectivity index (χ4n) is 2.09. The van der Waals surface area contributed by atoms with Crippen molar-refractivity contribution in [2.24, 2.45) is 5.73 Å². The van der Waals surface area contributed by atoms with Crippen molar-refractivity contribution in [2.75, 3.05) is 25.2 Å². The molecule has 2 atom stereocenters. The van der Waals surface area contributed by atoms with Crippen molar-refractivity contribution in [3.63, 3.8) is 0 Å². The van der Waals surface area contributed by atoms with Gasteiger partial charge in [-0.2, -0.15) is 0 Å². The normalized spacial score (nSPS) is 14.3. The molecule has 0 spiro atoms. The van der Waals surface area contributed by atoms with E-state index in [0.29, 0.717) is 6.04 Å². The number of halogens is 1. The van der Waals surface area contributed by atoms with E-state index in [1.807, 2.05) is 6.92 Å². The molecule has 1 aromatic carbocycles. The highest BCUT2D eigenvalue weighted by Crippen LogP contribution is 2.30. The van der Waals surface area contributed by atoms with Crippen LogP contribution in [0.15, 0.2) is 22.7 Å². The number of nitrogens with two attached hydrogens (primary N) is 1. The number of hydrogen-bond donors (Lipinski definition) is 1. The minimum atomic E-state index is 0.0572. The second kappa shape index (κ2) is 7.12. The lowest BCUT2D eigenvalue weighted by Gasteiger charge is -2.31. The summed E-state index contributed by atoms with van der Waals surface area (Å²) in [6, 6.07) is 6.72. The first-order valence-corrected chi connectivity index (χ1v) is 7.11. The highest BCUT2D eigenvalue weighted by molar-refractivity contribution is 9.10. The highest BCUT2D eigenvalue weighted by atomic mass is 79.9. The van der Waals surface area contributed by atoms with E-state index in [9.17, 15) is 0 Å². The summed E-state index contributed by atoms with van der Waals surface area (Å²) in [5.74, 6) is 0. The number of anilines is 1. The van der Waals surface area contributed by atoms with Crippen LogP contribution in [0.2, 0.25) is 0 Å². The molecule has 1 rings (SSSR count). The van der Waals surface area contributed by atoms with Gasteiger partial charge < -0.3 is 15.4 Å². The van der Waals surface area contributed by atoms with Crippen LogP contribution in [0.5, 0.6) is 0 Å². The van der Waals surface area contributed by atoms with E-state index in [2.05, 4.69) is 52.9 Å². The van der Waals surface area contributed by atoms with Crippen molar-refractivity contribution in [3.05, 3.63) is 28.2 Å². The Kier molecular flexibility index (Phi) is 6.12. The van der Waals surface area contributed by atoms with Crippen molar-refractivity contribution in [1.82, 2.24) is 0 Å². The first-order valence-electron chi connectivity index (χ1n) is 6.31. The molecule has 0 aromatic heterocycles. The van der Waals surface area contributed by atoms with Crippen molar-refractivity contribution in [2.45, 2.75) is 32.9 Å². The summed E-state index contributed by atoms with van der Waals surface area (Å²) < 4.78 is 6.32. The molecule has 0 radical (unpaired) electrons. The largest absolute Gasteiger partial charge is 0.383 e. The van der Waals surface area contributed by atoms with E-state index in [1.165, 1.54) is 5.69 Å². The Balaban J connectivity index is 2.99. The van der Waals surface area contributed by atoms with Gasteiger partial charge in [0.05, 0.1) is 12.3 Å². The molecule has 0 amide bonds. The fraction of sp³-hybridized carbons (Fsp3) is 0.571. The first-order chi connectivity index (χ1) is 8.51. The molecule has 0 aliphatic heterocycles. The average Bonchev–Trinajstić information content (AvgIpc) is 2.32. The Morgan fingerprint density at radius 2 is 2.06 bits per heavy atom. The van der Waals surface area contributed by atoms with Gasteiger partial charge in [0.25, 0.3) is 0 Å². The molecule has 2 unspecified atom stereocenters. The standard InChI is InChI=1S/C14H23BrN2O/c1-5-17(10(2)9-18-4)14-7-6-12(11(3)16)8-13(14)15/h6-8,10-11H,5,9,16H2,1-4H3. The van der Waals surface area contributed by atoms with E-state index in [1.54, 1.807) is 7.11 Å². The van der Waals surface area contributed by atoms with Gasteiger partial charge in [-0.1, -0.05) is 6.07 Å². The lowest BCUT2D eigenvalue weighted by atomic mass is 10.1. The van der Waals surface area contributed by atoms with Gasteiger partial charge in [0.2, 0.25) is 0 Å². The summed E-state index contributed by atoms with van der Waals surface area (Å²) in [6.07, 6.45) is 0. The maximum absolute atomic E-state index is 5.89. The van der Waals surface area contributed by atoms with E-state index in [0.717, 1.165) is 23.2 Å². The summed E-state index contributed by atoms with van der Waals surface area (Å²) in [5.41, 5.74) is 8.22. The van der Waals surface area contributed by atoms with Crippen LogP contribution in [-0.2, 0) is 4.74 Å². The van der Waals surface area contributed by atoms with Gasteiger partial charge in [-0.3, -0.25) is 0 Å². The zero-order valence-electron chi connectivity index (χ0n) is 11.6. The number of rotatable bonds is 6. The second-order valence-electron chi connectivity index (χ2n) is 4.59. The van der Waals surface area contributed by atoms with Crippen molar-refractivity contribution in [1.29, 1.82) is 0 Å². The summed E-state index contributed by atoms with van der Waals surface area (Å²) in [6.45, 7) is 7.97. The molecule has 0 aliphatic rings. The number of hydrogen-bond acceptors (Lipinski definition) is 3. The number of ether oxygens (including phenoxy) is 1. The monoisotopic (exact) mass is 314 g/mol. The molecular weight excluding hydrogens is 292 g/mol. The van der Waals surface area contributed by atoms with Crippen LogP contribution in [0, 0.1) is 0 Å². The van der Waals surface area contributed by atoms with Gasteiger partial charge in [-0.15, -0.1) is 0 Å². The zero-order chi connectivity index (χ0) is 13.7. The molecule has 1 aromatic rings. The molecule has 0 saturated heterocycles. The lowest BCUT2D eigenvalue weighted by molar-refractivity contribution is 0.182. The van der Waals surface area contributed by atoms with Gasteiger partial charge >= 0.3 is 0 Å². The average molecular weight is 315 g/mol. The van der Waals surface area contributed by atoms with E-state index < -0.39 is 0 Å². The van der Waals surface area contributed by atoms with Crippen LogP contribution in [-0.4, -0.2) is 26.3 Å². The Morgan fingerprint density at radius 1 is 1.39 bits per heavy atom. The molecule has 18 heavy (non-hydrogen) atoms. The van der Waals surface area contributed by atoms with Crippen molar-refractivity contribution in [3.8, 4) is 0 Å². The summed E-state index contributed by atoms with van der Waals surface area (Å²) in [4.78, 5) is 2.32. The quantitative estimate of drug-likeness (QED) is 0.875. The molecule has 0 fully saturated rings. The maximum Gasteiger partial charge on any atom is 0.0663 e. The molecule has 0 aliphatic carbocycles. The predicted molar refractivity (Wildman–Crippen MR) is 81.1 cm³/mol. The number of likely N-dealkylation sites (N-methyl/N-ethyl adjacent to an activating group) is 1. The van der Waals surface area contributed by atoms with Gasteiger partial charge in [0.1, 0.15) is 0 Å². The van der Waals surface area contributed by atoms with Gasteiger partial charge in [-0.05, 0) is 54.4 Å². The Labute approximate surface area is 118 Å². The second-order valence-corrected chi connectivity index (χ2v) is 5.44. The van der Waals surface area contributed by atoms with Crippen molar-refractivity contribution >= 4 is 21.6 Å². The minimum absolute atomic E-state index is 0.0572. The molecule has 0 heterocycles. The van der Waals surface area contributed by atoms with E-state index >= 15 is 0 Å². The first kappa shape index (κ1) is 15.5. The maximum atomic E-state index is 5.89. The van der Waals surface area contributed by atoms with Gasteiger partial charge in [-0.25, -0.2) is 0 Å². The Bertz CT molecular complexity index is 382. The third-order valence-corrected chi connectivity index (χ3v) is 3.72. The topological polar surface area (TPSA) is 38.5 Å². The van der Waals surface area contributed by atoms with Crippen LogP contribution >= 0.6 is 15.9 Å². The molecule has 102 valence electrons. The molecule has 3 nitrogen and oxygen atoms in total. The van der Waals surface area contributed by atoms with Gasteiger partial charge in [0, 0.05) is 30.2 Å². The Morgan fingerprint density at radius 3 is 2.50 bits per heavy atom. The Hall–Kier alpha value is -0.580.